The standard InChI is InChI=1S/C17H24N2O6S/c1-2-13-5-3-4-10-19(13)15(20)11-24-17(21)14-8-9-16(25-14)26(22,23)18-12-6-7-12/h8-9,12-13,18H,2-7,10-11H2,1H3. The van der Waals surface area contributed by atoms with Crippen LogP contribution in [0, 0.1) is 0 Å². The first-order valence-corrected chi connectivity index (χ1v) is 10.5. The second-order valence-electron chi connectivity index (χ2n) is 6.74. The number of sulfonamides is 1. The van der Waals surface area contributed by atoms with Crippen molar-refractivity contribution < 1.29 is 27.2 Å². The Morgan fingerprint density at radius 3 is 2.73 bits per heavy atom. The number of likely N-dealkylation sites (tertiary alicyclic amines) is 1. The molecule has 2 aliphatic rings. The van der Waals surface area contributed by atoms with Crippen molar-refractivity contribution in [2.45, 2.75) is 62.6 Å². The van der Waals surface area contributed by atoms with Gasteiger partial charge in [0, 0.05) is 18.6 Å². The molecule has 1 unspecified atom stereocenters. The molecule has 1 aliphatic heterocycles. The summed E-state index contributed by atoms with van der Waals surface area (Å²) in [5.74, 6) is -1.32. The van der Waals surface area contributed by atoms with Gasteiger partial charge in [0.1, 0.15) is 0 Å². The molecular formula is C17H24N2O6S. The van der Waals surface area contributed by atoms with Crippen LogP contribution in [0.25, 0.3) is 0 Å². The topological polar surface area (TPSA) is 106 Å². The van der Waals surface area contributed by atoms with Gasteiger partial charge < -0.3 is 14.1 Å². The van der Waals surface area contributed by atoms with Crippen LogP contribution in [0.2, 0.25) is 0 Å². The van der Waals surface area contributed by atoms with E-state index in [1.165, 1.54) is 12.1 Å². The first-order chi connectivity index (χ1) is 12.4. The van der Waals surface area contributed by atoms with Crippen LogP contribution in [-0.4, -0.2) is 50.4 Å². The van der Waals surface area contributed by atoms with E-state index in [1.54, 1.807) is 4.90 Å². The lowest BCUT2D eigenvalue weighted by molar-refractivity contribution is -0.138. The summed E-state index contributed by atoms with van der Waals surface area (Å²) in [6.45, 7) is 2.33. The highest BCUT2D eigenvalue weighted by Crippen LogP contribution is 2.23. The molecule has 3 rings (SSSR count). The Morgan fingerprint density at radius 1 is 1.27 bits per heavy atom. The second kappa shape index (κ2) is 7.79. The Hall–Kier alpha value is -1.87. The molecule has 1 aliphatic carbocycles. The Balaban J connectivity index is 1.56. The first-order valence-electron chi connectivity index (χ1n) is 8.99. The van der Waals surface area contributed by atoms with Crippen LogP contribution in [0.15, 0.2) is 21.6 Å². The summed E-state index contributed by atoms with van der Waals surface area (Å²) < 4.78 is 36.7. The Bertz CT molecular complexity index is 768. The number of furan rings is 1. The highest BCUT2D eigenvalue weighted by atomic mass is 32.2. The first kappa shape index (κ1) is 18.9. The molecule has 0 bridgehead atoms. The van der Waals surface area contributed by atoms with Crippen molar-refractivity contribution in [1.82, 2.24) is 9.62 Å². The van der Waals surface area contributed by atoms with E-state index in [0.717, 1.165) is 38.5 Å². The van der Waals surface area contributed by atoms with Crippen molar-refractivity contribution in [2.24, 2.45) is 0 Å². The van der Waals surface area contributed by atoms with E-state index in [1.807, 2.05) is 6.92 Å². The minimum Gasteiger partial charge on any atom is -0.450 e. The van der Waals surface area contributed by atoms with Crippen molar-refractivity contribution in [3.63, 3.8) is 0 Å². The number of rotatable bonds is 7. The predicted octanol–water partition coefficient (Wildman–Crippen LogP) is 1.67. The molecule has 1 N–H and O–H groups in total. The molecule has 1 amide bonds. The monoisotopic (exact) mass is 384 g/mol. The van der Waals surface area contributed by atoms with Crippen LogP contribution in [0.5, 0.6) is 0 Å². The molecule has 1 aromatic rings. The van der Waals surface area contributed by atoms with Crippen LogP contribution in [0.1, 0.15) is 56.0 Å². The van der Waals surface area contributed by atoms with Crippen molar-refractivity contribution in [3.05, 3.63) is 17.9 Å². The molecule has 0 radical (unpaired) electrons. The Kier molecular flexibility index (Phi) is 5.67. The zero-order valence-electron chi connectivity index (χ0n) is 14.8. The average Bonchev–Trinajstić information content (AvgIpc) is 3.28. The fourth-order valence-electron chi connectivity index (χ4n) is 3.09. The predicted molar refractivity (Wildman–Crippen MR) is 92.0 cm³/mol. The van der Waals surface area contributed by atoms with Crippen molar-refractivity contribution in [3.8, 4) is 0 Å². The zero-order valence-corrected chi connectivity index (χ0v) is 15.6. The lowest BCUT2D eigenvalue weighted by Gasteiger charge is -2.35. The minimum atomic E-state index is -3.77. The number of hydrogen-bond acceptors (Lipinski definition) is 6. The molecule has 26 heavy (non-hydrogen) atoms. The van der Waals surface area contributed by atoms with Gasteiger partial charge in [-0.2, -0.15) is 0 Å². The van der Waals surface area contributed by atoms with E-state index >= 15 is 0 Å². The SMILES string of the molecule is CCC1CCCCN1C(=O)COC(=O)c1ccc(S(=O)(=O)NC2CC2)o1. The number of nitrogens with zero attached hydrogens (tertiary/aromatic N) is 1. The number of amides is 1. The molecule has 1 saturated carbocycles. The van der Waals surface area contributed by atoms with E-state index in [2.05, 4.69) is 4.72 Å². The highest BCUT2D eigenvalue weighted by molar-refractivity contribution is 7.89. The second-order valence-corrected chi connectivity index (χ2v) is 8.38. The van der Waals surface area contributed by atoms with Crippen LogP contribution in [0.3, 0.4) is 0 Å². The third-order valence-corrected chi connectivity index (χ3v) is 6.08. The molecule has 0 aromatic carbocycles. The molecule has 144 valence electrons. The lowest BCUT2D eigenvalue weighted by atomic mass is 10.00. The molecule has 0 spiro atoms. The van der Waals surface area contributed by atoms with Gasteiger partial charge in [0.15, 0.2) is 6.61 Å². The number of nitrogens with one attached hydrogen (secondary N) is 1. The van der Waals surface area contributed by atoms with Crippen LogP contribution >= 0.6 is 0 Å². The maximum Gasteiger partial charge on any atom is 0.374 e. The van der Waals surface area contributed by atoms with Crippen LogP contribution < -0.4 is 4.72 Å². The van der Waals surface area contributed by atoms with Crippen molar-refractivity contribution >= 4 is 21.9 Å². The van der Waals surface area contributed by atoms with Gasteiger partial charge in [-0.15, -0.1) is 0 Å². The number of carbonyl (C=O) groups excluding carboxylic acids is 2. The Morgan fingerprint density at radius 2 is 2.04 bits per heavy atom. The summed E-state index contributed by atoms with van der Waals surface area (Å²) in [5, 5.41) is -0.329. The summed E-state index contributed by atoms with van der Waals surface area (Å²) >= 11 is 0. The summed E-state index contributed by atoms with van der Waals surface area (Å²) in [5.41, 5.74) is 0. The molecule has 1 saturated heterocycles. The van der Waals surface area contributed by atoms with Gasteiger partial charge >= 0.3 is 5.97 Å². The summed E-state index contributed by atoms with van der Waals surface area (Å²) in [7, 11) is -3.77. The van der Waals surface area contributed by atoms with E-state index in [-0.39, 0.29) is 35.5 Å². The van der Waals surface area contributed by atoms with Gasteiger partial charge in [-0.1, -0.05) is 6.92 Å². The van der Waals surface area contributed by atoms with Gasteiger partial charge in [0.2, 0.25) is 10.9 Å². The van der Waals surface area contributed by atoms with Crippen molar-refractivity contribution in [2.75, 3.05) is 13.2 Å². The van der Waals surface area contributed by atoms with Gasteiger partial charge in [-0.05, 0) is 50.7 Å². The summed E-state index contributed by atoms with van der Waals surface area (Å²) in [6.07, 6.45) is 5.47. The van der Waals surface area contributed by atoms with Crippen LogP contribution in [-0.2, 0) is 19.6 Å². The maximum absolute atomic E-state index is 12.3. The fraction of sp³-hybridized carbons (Fsp3) is 0.647. The lowest BCUT2D eigenvalue weighted by Crippen LogP contribution is -2.45. The Labute approximate surface area is 152 Å². The number of esters is 1. The number of piperidine rings is 1. The third kappa shape index (κ3) is 4.45. The van der Waals surface area contributed by atoms with E-state index < -0.39 is 16.0 Å². The molecular weight excluding hydrogens is 360 g/mol. The fourth-order valence-corrected chi connectivity index (χ4v) is 4.33. The van der Waals surface area contributed by atoms with E-state index in [4.69, 9.17) is 9.15 Å². The van der Waals surface area contributed by atoms with Gasteiger partial charge in [0.05, 0.1) is 0 Å². The highest BCUT2D eigenvalue weighted by Gasteiger charge is 2.31. The molecule has 8 nitrogen and oxygen atoms in total. The van der Waals surface area contributed by atoms with Gasteiger partial charge in [-0.25, -0.2) is 17.9 Å². The quantitative estimate of drug-likeness (QED) is 0.717. The van der Waals surface area contributed by atoms with Crippen LogP contribution in [0.4, 0.5) is 0 Å². The van der Waals surface area contributed by atoms with E-state index in [0.29, 0.717) is 6.54 Å². The molecule has 1 aromatic heterocycles. The van der Waals surface area contributed by atoms with Gasteiger partial charge in [-0.3, -0.25) is 4.79 Å². The third-order valence-electron chi connectivity index (χ3n) is 4.69. The number of ether oxygens (including phenoxy) is 1. The molecule has 2 heterocycles. The molecule has 9 heteroatoms. The van der Waals surface area contributed by atoms with E-state index in [9.17, 15) is 18.0 Å². The number of carbonyl (C=O) groups is 2. The average molecular weight is 384 g/mol. The normalized spacial score (nSPS) is 20.8. The van der Waals surface area contributed by atoms with Gasteiger partial charge in [0.25, 0.3) is 15.9 Å². The summed E-state index contributed by atoms with van der Waals surface area (Å²) in [4.78, 5) is 26.1. The maximum atomic E-state index is 12.3. The summed E-state index contributed by atoms with van der Waals surface area (Å²) in [6, 6.07) is 2.57. The van der Waals surface area contributed by atoms with Crippen molar-refractivity contribution in [1.29, 1.82) is 0 Å². The number of hydrogen-bond donors (Lipinski definition) is 1. The smallest absolute Gasteiger partial charge is 0.374 e. The molecule has 2 fully saturated rings. The molecule has 1 atom stereocenters. The minimum absolute atomic E-state index is 0.0609. The largest absolute Gasteiger partial charge is 0.450 e. The zero-order chi connectivity index (χ0) is 18.7.